The second-order valence-corrected chi connectivity index (χ2v) is 1.54. The Bertz CT molecular complexity index is 172. The number of carbonyl (C=O) groups is 1. The molecule has 0 aliphatic heterocycles. The molecule has 0 heterocycles. The Labute approximate surface area is 57.6 Å². The zero-order valence-electron chi connectivity index (χ0n) is 5.40. The van der Waals surface area contributed by atoms with Gasteiger partial charge in [-0.05, 0) is 6.42 Å². The normalized spacial score (nSPS) is 11.2. The molecule has 1 unspecified atom stereocenters. The summed E-state index contributed by atoms with van der Waals surface area (Å²) in [5.41, 5.74) is 0. The molecule has 54 valence electrons. The number of ether oxygens (including phenoxy) is 1. The number of esters is 1. The fourth-order valence-corrected chi connectivity index (χ4v) is 0.397. The van der Waals surface area contributed by atoms with Gasteiger partial charge in [-0.1, -0.05) is 12.1 Å². The third-order valence-corrected chi connectivity index (χ3v) is 0.932. The topological polar surface area (TPSA) is 79.5 Å². The number of hydrogen-bond acceptors (Lipinski definition) is 5. The van der Waals surface area contributed by atoms with Gasteiger partial charge < -0.3 is 4.74 Å². The minimum Gasteiger partial charge on any atom is -0.349 e. The fourth-order valence-electron chi connectivity index (χ4n) is 0.397. The number of nitroso groups, excluding NO2 is 1. The number of rotatable bonds is 3. The Morgan fingerprint density at radius 1 is 1.90 bits per heavy atom. The molecule has 0 aromatic rings. The summed E-state index contributed by atoms with van der Waals surface area (Å²) in [4.78, 5) is 20.3. The first-order chi connectivity index (χ1) is 4.76. The van der Waals surface area contributed by atoms with Crippen molar-refractivity contribution in [1.29, 1.82) is 5.26 Å². The van der Waals surface area contributed by atoms with Gasteiger partial charge in [0.15, 0.2) is 6.04 Å². The lowest BCUT2D eigenvalue weighted by Gasteiger charge is -1.97. The first-order valence-corrected chi connectivity index (χ1v) is 2.68. The minimum atomic E-state index is -1.04. The molecule has 0 aromatic heterocycles. The highest BCUT2D eigenvalue weighted by Gasteiger charge is 2.17. The van der Waals surface area contributed by atoms with Crippen LogP contribution in [-0.4, -0.2) is 12.0 Å². The van der Waals surface area contributed by atoms with Crippen molar-refractivity contribution in [1.82, 2.24) is 0 Å². The van der Waals surface area contributed by atoms with Gasteiger partial charge in [-0.2, -0.15) is 0 Å². The van der Waals surface area contributed by atoms with E-state index in [1.807, 2.05) is 0 Å². The molecule has 0 saturated carbocycles. The average Bonchev–Trinajstić information content (AvgIpc) is 1.91. The molecule has 10 heavy (non-hydrogen) atoms. The van der Waals surface area contributed by atoms with Crippen LogP contribution in [0.1, 0.15) is 13.3 Å². The van der Waals surface area contributed by atoms with Crippen molar-refractivity contribution in [3.63, 3.8) is 0 Å². The quantitative estimate of drug-likeness (QED) is 0.327. The van der Waals surface area contributed by atoms with Gasteiger partial charge in [-0.25, -0.2) is 4.79 Å². The summed E-state index contributed by atoms with van der Waals surface area (Å²) >= 11 is 0. The standard InChI is InChI=1S/C5H6N2O3/c1-2-4(7-9)5(8)10-3-6/h4H,2H2,1H3. The SMILES string of the molecule is CCC(N=O)C(=O)OC#N. The van der Waals surface area contributed by atoms with Crippen molar-refractivity contribution in [3.8, 4) is 6.26 Å². The molecular formula is C5H6N2O3. The maximum absolute atomic E-state index is 10.5. The van der Waals surface area contributed by atoms with E-state index < -0.39 is 12.0 Å². The third kappa shape index (κ3) is 2.22. The minimum absolute atomic E-state index is 0.254. The summed E-state index contributed by atoms with van der Waals surface area (Å²) in [6, 6.07) is -1.04. The Morgan fingerprint density at radius 2 is 2.50 bits per heavy atom. The van der Waals surface area contributed by atoms with Crippen LogP contribution >= 0.6 is 0 Å². The van der Waals surface area contributed by atoms with Gasteiger partial charge in [-0.15, -0.1) is 10.2 Å². The number of carbonyl (C=O) groups excluding carboxylic acids is 1. The highest BCUT2D eigenvalue weighted by Crippen LogP contribution is 1.98. The van der Waals surface area contributed by atoms with Crippen molar-refractivity contribution in [2.75, 3.05) is 0 Å². The lowest BCUT2D eigenvalue weighted by molar-refractivity contribution is -0.138. The van der Waals surface area contributed by atoms with Gasteiger partial charge in [0.25, 0.3) is 6.26 Å². The van der Waals surface area contributed by atoms with Gasteiger partial charge in [0.2, 0.25) is 0 Å². The molecule has 0 N–H and O–H groups in total. The number of nitriles is 1. The summed E-state index contributed by atoms with van der Waals surface area (Å²) in [7, 11) is 0. The van der Waals surface area contributed by atoms with E-state index in [2.05, 4.69) is 9.91 Å². The summed E-state index contributed by atoms with van der Waals surface area (Å²) < 4.78 is 3.86. The molecule has 0 aliphatic rings. The maximum Gasteiger partial charge on any atom is 0.349 e. The zero-order chi connectivity index (χ0) is 7.98. The van der Waals surface area contributed by atoms with Crippen LogP contribution in [0.25, 0.3) is 0 Å². The van der Waals surface area contributed by atoms with Crippen molar-refractivity contribution in [2.24, 2.45) is 5.18 Å². The van der Waals surface area contributed by atoms with Crippen LogP contribution < -0.4 is 0 Å². The van der Waals surface area contributed by atoms with E-state index in [9.17, 15) is 9.70 Å². The van der Waals surface area contributed by atoms with Crippen molar-refractivity contribution >= 4 is 5.97 Å². The van der Waals surface area contributed by atoms with Gasteiger partial charge in [0, 0.05) is 0 Å². The molecule has 0 amide bonds. The van der Waals surface area contributed by atoms with Crippen molar-refractivity contribution in [3.05, 3.63) is 4.91 Å². The number of nitrogens with zero attached hydrogens (tertiary/aromatic N) is 2. The summed E-state index contributed by atoms with van der Waals surface area (Å²) in [6.45, 7) is 1.60. The third-order valence-electron chi connectivity index (χ3n) is 0.932. The highest BCUT2D eigenvalue weighted by molar-refractivity contribution is 5.76. The Balaban J connectivity index is 3.91. The summed E-state index contributed by atoms with van der Waals surface area (Å²) in [5.74, 6) is -0.889. The van der Waals surface area contributed by atoms with Crippen molar-refractivity contribution < 1.29 is 9.53 Å². The van der Waals surface area contributed by atoms with E-state index >= 15 is 0 Å². The van der Waals surface area contributed by atoms with Gasteiger partial charge >= 0.3 is 5.97 Å². The van der Waals surface area contributed by atoms with Crippen LogP contribution in [0.15, 0.2) is 5.18 Å². The van der Waals surface area contributed by atoms with Gasteiger partial charge in [0.05, 0.1) is 0 Å². The van der Waals surface area contributed by atoms with Gasteiger partial charge in [0.1, 0.15) is 0 Å². The highest BCUT2D eigenvalue weighted by atomic mass is 16.5. The lowest BCUT2D eigenvalue weighted by atomic mass is 10.2. The Kier molecular flexibility index (Phi) is 3.80. The Morgan fingerprint density at radius 3 is 2.80 bits per heavy atom. The first kappa shape index (κ1) is 8.56. The molecule has 0 aromatic carbocycles. The van der Waals surface area contributed by atoms with E-state index in [4.69, 9.17) is 5.26 Å². The van der Waals surface area contributed by atoms with Crippen molar-refractivity contribution in [2.45, 2.75) is 19.4 Å². The first-order valence-electron chi connectivity index (χ1n) is 2.68. The fraction of sp³-hybridized carbons (Fsp3) is 0.600. The molecular weight excluding hydrogens is 136 g/mol. The zero-order valence-corrected chi connectivity index (χ0v) is 5.40. The van der Waals surface area contributed by atoms with Crippen LogP contribution in [0.2, 0.25) is 0 Å². The smallest absolute Gasteiger partial charge is 0.349 e. The number of hydrogen-bond donors (Lipinski definition) is 0. The van der Waals surface area contributed by atoms with Crippen LogP contribution in [-0.2, 0) is 9.53 Å². The van der Waals surface area contributed by atoms with E-state index in [1.54, 1.807) is 6.92 Å². The monoisotopic (exact) mass is 142 g/mol. The average molecular weight is 142 g/mol. The largest absolute Gasteiger partial charge is 0.349 e. The molecule has 0 fully saturated rings. The van der Waals surface area contributed by atoms with E-state index in [0.717, 1.165) is 0 Å². The maximum atomic E-state index is 10.5. The van der Waals surface area contributed by atoms with Gasteiger partial charge in [-0.3, -0.25) is 0 Å². The van der Waals surface area contributed by atoms with Crippen LogP contribution in [0.3, 0.4) is 0 Å². The second-order valence-electron chi connectivity index (χ2n) is 1.54. The molecule has 0 radical (unpaired) electrons. The molecule has 0 rings (SSSR count). The molecule has 0 bridgehead atoms. The molecule has 0 spiro atoms. The molecule has 0 aliphatic carbocycles. The molecule has 5 nitrogen and oxygen atoms in total. The lowest BCUT2D eigenvalue weighted by Crippen LogP contribution is -2.17. The van der Waals surface area contributed by atoms with Crippen LogP contribution in [0.4, 0.5) is 0 Å². The summed E-state index contributed by atoms with van der Waals surface area (Å²) in [6.07, 6.45) is 1.42. The second kappa shape index (κ2) is 4.44. The van der Waals surface area contributed by atoms with E-state index in [0.29, 0.717) is 0 Å². The summed E-state index contributed by atoms with van der Waals surface area (Å²) in [5, 5.41) is 10.3. The molecule has 0 saturated heterocycles. The van der Waals surface area contributed by atoms with Crippen LogP contribution in [0.5, 0.6) is 0 Å². The predicted octanol–water partition coefficient (Wildman–Crippen LogP) is 0.556. The molecule has 1 atom stereocenters. The van der Waals surface area contributed by atoms with E-state index in [1.165, 1.54) is 6.26 Å². The van der Waals surface area contributed by atoms with E-state index in [-0.39, 0.29) is 6.42 Å². The molecule has 5 heteroatoms. The predicted molar refractivity (Wildman–Crippen MR) is 31.6 cm³/mol. The van der Waals surface area contributed by atoms with Crippen LogP contribution in [0, 0.1) is 16.4 Å². The Hall–Kier alpha value is -1.44.